The first-order valence-corrected chi connectivity index (χ1v) is 5.24. The van der Waals surface area contributed by atoms with Crippen LogP contribution in [0.3, 0.4) is 0 Å². The number of hydrazine groups is 1. The van der Waals surface area contributed by atoms with E-state index in [9.17, 15) is 4.79 Å². The highest BCUT2D eigenvalue weighted by atomic mass is 16.2. The van der Waals surface area contributed by atoms with Crippen LogP contribution in [0.25, 0.3) is 10.9 Å². The van der Waals surface area contributed by atoms with Crippen LogP contribution in [0.5, 0.6) is 0 Å². The van der Waals surface area contributed by atoms with E-state index in [1.807, 2.05) is 31.2 Å². The van der Waals surface area contributed by atoms with Gasteiger partial charge < -0.3 is 4.98 Å². The number of fused-ring (bicyclic) bond motifs is 1. The number of aryl methyl sites for hydroxylation is 1. The Bertz CT molecular complexity index is 516. The normalized spacial score (nSPS) is 10.6. The monoisotopic (exact) mass is 217 g/mol. The van der Waals surface area contributed by atoms with Gasteiger partial charge in [0.15, 0.2) is 0 Å². The van der Waals surface area contributed by atoms with Crippen molar-refractivity contribution in [3.05, 3.63) is 35.5 Å². The van der Waals surface area contributed by atoms with Gasteiger partial charge in [-0.3, -0.25) is 10.2 Å². The van der Waals surface area contributed by atoms with Crippen molar-refractivity contribution in [3.63, 3.8) is 0 Å². The van der Waals surface area contributed by atoms with Gasteiger partial charge in [0.25, 0.3) is 0 Å². The number of H-pyrrole nitrogens is 1. The van der Waals surface area contributed by atoms with Crippen LogP contribution in [-0.2, 0) is 11.2 Å². The Balaban J connectivity index is 2.36. The first kappa shape index (κ1) is 10.7. The highest BCUT2D eigenvalue weighted by Gasteiger charge is 2.11. The number of rotatable bonds is 3. The summed E-state index contributed by atoms with van der Waals surface area (Å²) in [6.07, 6.45) is 0.386. The summed E-state index contributed by atoms with van der Waals surface area (Å²) in [6.45, 7) is 1.99. The lowest BCUT2D eigenvalue weighted by molar-refractivity contribution is -0.121. The summed E-state index contributed by atoms with van der Waals surface area (Å²) in [4.78, 5) is 14.8. The molecule has 0 unspecified atom stereocenters. The zero-order valence-corrected chi connectivity index (χ0v) is 9.42. The fourth-order valence-electron chi connectivity index (χ4n) is 1.91. The summed E-state index contributed by atoms with van der Waals surface area (Å²) in [5, 5.41) is 1.12. The zero-order valence-electron chi connectivity index (χ0n) is 9.42. The molecule has 2 aromatic rings. The fraction of sp³-hybridized carbons (Fsp3) is 0.250. The first-order valence-electron chi connectivity index (χ1n) is 5.24. The molecule has 1 aromatic carbocycles. The molecule has 1 heterocycles. The van der Waals surface area contributed by atoms with Crippen LogP contribution in [0.15, 0.2) is 24.3 Å². The van der Waals surface area contributed by atoms with Crippen LogP contribution in [0.1, 0.15) is 11.3 Å². The van der Waals surface area contributed by atoms with Gasteiger partial charge in [-0.15, -0.1) is 0 Å². The molecular weight excluding hydrogens is 202 g/mol. The second kappa shape index (κ2) is 4.37. The SMILES string of the molecule is CNNC(=O)Cc1c(C)[nH]c2ccccc12. The van der Waals surface area contributed by atoms with Crippen LogP contribution in [0, 0.1) is 6.92 Å². The third-order valence-electron chi connectivity index (χ3n) is 2.63. The molecule has 1 aromatic heterocycles. The number of aromatic amines is 1. The Labute approximate surface area is 94.0 Å². The predicted molar refractivity (Wildman–Crippen MR) is 63.9 cm³/mol. The van der Waals surface area contributed by atoms with E-state index in [-0.39, 0.29) is 5.91 Å². The Morgan fingerprint density at radius 1 is 1.38 bits per heavy atom. The van der Waals surface area contributed by atoms with Crippen molar-refractivity contribution in [1.82, 2.24) is 15.8 Å². The van der Waals surface area contributed by atoms with Crippen molar-refractivity contribution in [2.75, 3.05) is 7.05 Å². The molecule has 0 fully saturated rings. The minimum absolute atomic E-state index is 0.0321. The van der Waals surface area contributed by atoms with Crippen molar-refractivity contribution in [3.8, 4) is 0 Å². The van der Waals surface area contributed by atoms with Crippen molar-refractivity contribution < 1.29 is 4.79 Å². The molecule has 0 radical (unpaired) electrons. The number of nitrogens with one attached hydrogen (secondary N) is 3. The van der Waals surface area contributed by atoms with Gasteiger partial charge in [-0.1, -0.05) is 18.2 Å². The zero-order chi connectivity index (χ0) is 11.5. The summed E-state index contributed by atoms with van der Waals surface area (Å²) in [7, 11) is 1.68. The molecule has 16 heavy (non-hydrogen) atoms. The van der Waals surface area contributed by atoms with Gasteiger partial charge in [0.05, 0.1) is 6.42 Å². The van der Waals surface area contributed by atoms with Crippen molar-refractivity contribution >= 4 is 16.8 Å². The molecule has 2 rings (SSSR count). The van der Waals surface area contributed by atoms with E-state index in [4.69, 9.17) is 0 Å². The highest BCUT2D eigenvalue weighted by Crippen LogP contribution is 2.21. The third-order valence-corrected chi connectivity index (χ3v) is 2.63. The molecule has 3 N–H and O–H groups in total. The summed E-state index contributed by atoms with van der Waals surface area (Å²) < 4.78 is 0. The van der Waals surface area contributed by atoms with Crippen LogP contribution >= 0.6 is 0 Å². The quantitative estimate of drug-likeness (QED) is 0.678. The van der Waals surface area contributed by atoms with Crippen LogP contribution < -0.4 is 10.9 Å². The van der Waals surface area contributed by atoms with Crippen molar-refractivity contribution in [1.29, 1.82) is 0 Å². The highest BCUT2D eigenvalue weighted by molar-refractivity contribution is 5.89. The van der Waals surface area contributed by atoms with E-state index in [0.717, 1.165) is 22.2 Å². The number of carbonyl (C=O) groups is 1. The predicted octanol–water partition coefficient (Wildman–Crippen LogP) is 1.27. The van der Waals surface area contributed by atoms with Gasteiger partial charge in [0.2, 0.25) is 5.91 Å². The average molecular weight is 217 g/mol. The van der Waals surface area contributed by atoms with Gasteiger partial charge in [0.1, 0.15) is 0 Å². The van der Waals surface area contributed by atoms with E-state index in [1.54, 1.807) is 7.05 Å². The largest absolute Gasteiger partial charge is 0.358 e. The average Bonchev–Trinajstić information content (AvgIpc) is 2.56. The number of amides is 1. The molecule has 0 aliphatic rings. The molecule has 84 valence electrons. The van der Waals surface area contributed by atoms with E-state index < -0.39 is 0 Å². The van der Waals surface area contributed by atoms with Gasteiger partial charge in [-0.05, 0) is 18.6 Å². The van der Waals surface area contributed by atoms with Gasteiger partial charge in [-0.2, -0.15) is 0 Å². The van der Waals surface area contributed by atoms with Gasteiger partial charge in [-0.25, -0.2) is 5.43 Å². The molecule has 0 atom stereocenters. The smallest absolute Gasteiger partial charge is 0.238 e. The summed E-state index contributed by atoms with van der Waals surface area (Å²) in [6, 6.07) is 8.01. The third kappa shape index (κ3) is 1.92. The van der Waals surface area contributed by atoms with Crippen molar-refractivity contribution in [2.24, 2.45) is 0 Å². The summed E-state index contributed by atoms with van der Waals surface area (Å²) in [5.41, 5.74) is 8.39. The molecular formula is C12H15N3O. The van der Waals surface area contributed by atoms with E-state index in [1.165, 1.54) is 0 Å². The van der Waals surface area contributed by atoms with Crippen molar-refractivity contribution in [2.45, 2.75) is 13.3 Å². The second-order valence-corrected chi connectivity index (χ2v) is 3.75. The van der Waals surface area contributed by atoms with Gasteiger partial charge in [0, 0.05) is 23.6 Å². The number of hydrogen-bond donors (Lipinski definition) is 3. The number of para-hydroxylation sites is 1. The molecule has 0 saturated carbocycles. The molecule has 0 spiro atoms. The molecule has 4 nitrogen and oxygen atoms in total. The second-order valence-electron chi connectivity index (χ2n) is 3.75. The van der Waals surface area contributed by atoms with E-state index in [2.05, 4.69) is 15.8 Å². The molecule has 0 bridgehead atoms. The summed E-state index contributed by atoms with van der Waals surface area (Å²) >= 11 is 0. The lowest BCUT2D eigenvalue weighted by atomic mass is 10.1. The number of carbonyl (C=O) groups excluding carboxylic acids is 1. The Morgan fingerprint density at radius 3 is 2.88 bits per heavy atom. The van der Waals surface area contributed by atoms with E-state index in [0.29, 0.717) is 6.42 Å². The Hall–Kier alpha value is -1.81. The number of hydrogen-bond acceptors (Lipinski definition) is 2. The lowest BCUT2D eigenvalue weighted by Crippen LogP contribution is -2.35. The first-order chi connectivity index (χ1) is 7.72. The van der Waals surface area contributed by atoms with Gasteiger partial charge >= 0.3 is 0 Å². The van der Waals surface area contributed by atoms with Crippen LogP contribution in [0.4, 0.5) is 0 Å². The Kier molecular flexibility index (Phi) is 2.92. The maximum Gasteiger partial charge on any atom is 0.238 e. The standard InChI is InChI=1S/C12H15N3O/c1-8-10(7-12(16)15-13-2)9-5-3-4-6-11(9)14-8/h3-6,13-14H,7H2,1-2H3,(H,15,16). The molecule has 4 heteroatoms. The molecule has 0 aliphatic heterocycles. The topological polar surface area (TPSA) is 56.9 Å². The summed E-state index contributed by atoms with van der Waals surface area (Å²) in [5.74, 6) is -0.0321. The molecule has 0 saturated heterocycles. The maximum atomic E-state index is 11.5. The number of benzene rings is 1. The number of aromatic nitrogens is 1. The Morgan fingerprint density at radius 2 is 2.12 bits per heavy atom. The maximum absolute atomic E-state index is 11.5. The molecule has 0 aliphatic carbocycles. The van der Waals surface area contributed by atoms with E-state index >= 15 is 0 Å². The molecule has 1 amide bonds. The lowest BCUT2D eigenvalue weighted by Gasteiger charge is -2.03. The fourth-order valence-corrected chi connectivity index (χ4v) is 1.91. The minimum atomic E-state index is -0.0321. The van der Waals surface area contributed by atoms with Crippen LogP contribution in [-0.4, -0.2) is 17.9 Å². The minimum Gasteiger partial charge on any atom is -0.358 e. The van der Waals surface area contributed by atoms with Crippen LogP contribution in [0.2, 0.25) is 0 Å².